The number of aromatic hydroxyl groups is 1. The van der Waals surface area contributed by atoms with E-state index in [9.17, 15) is 19.5 Å². The van der Waals surface area contributed by atoms with E-state index in [1.807, 2.05) is 19.1 Å². The van der Waals surface area contributed by atoms with Crippen LogP contribution in [-0.4, -0.2) is 76.5 Å². The van der Waals surface area contributed by atoms with Crippen molar-refractivity contribution in [1.29, 1.82) is 0 Å². The van der Waals surface area contributed by atoms with E-state index in [2.05, 4.69) is 21.5 Å². The summed E-state index contributed by atoms with van der Waals surface area (Å²) in [4.78, 5) is 39.6. The van der Waals surface area contributed by atoms with Gasteiger partial charge in [-0.1, -0.05) is 42.5 Å². The molecule has 3 aromatic carbocycles. The number of fused-ring (bicyclic) bond motifs is 1. The highest BCUT2D eigenvalue weighted by Crippen LogP contribution is 2.37. The molecule has 0 fully saturated rings. The molecule has 0 spiro atoms. The molecule has 12 nitrogen and oxygen atoms in total. The standard InChI is InChI=1S/C26H24N6O6S/c1-16-8-4-7-11-20(16)29-24(35)19-12-21(17-9-5-6-10-18(17)23(19)34)38-26(36)31(13-22(33)37-3)15-32-25(39)30(2)27-14-28-32/h4-12,34H,13,15H2,1-3H3,(H,29,35). The number of carbonyl (C=O) groups excluding carboxylic acids is 3. The third-order valence-corrected chi connectivity index (χ3v) is 6.26. The Morgan fingerprint density at radius 3 is 2.51 bits per heavy atom. The molecule has 0 unspecified atom stereocenters. The van der Waals surface area contributed by atoms with Crippen LogP contribution in [0.1, 0.15) is 15.9 Å². The topological polar surface area (TPSA) is 136 Å². The molecule has 0 atom stereocenters. The molecular formula is C26H24N6O6S. The minimum Gasteiger partial charge on any atom is -0.506 e. The molecule has 1 aliphatic heterocycles. The summed E-state index contributed by atoms with van der Waals surface area (Å²) in [5.41, 5.74) is 1.27. The van der Waals surface area contributed by atoms with E-state index < -0.39 is 24.5 Å². The van der Waals surface area contributed by atoms with E-state index in [1.165, 1.54) is 23.2 Å². The van der Waals surface area contributed by atoms with E-state index in [-0.39, 0.29) is 34.2 Å². The number of thiocarbonyl (C=S) groups is 1. The number of methoxy groups -OCH3 is 1. The molecule has 3 aromatic rings. The lowest BCUT2D eigenvalue weighted by atomic mass is 10.0. The van der Waals surface area contributed by atoms with Crippen molar-refractivity contribution in [3.05, 3.63) is 65.7 Å². The van der Waals surface area contributed by atoms with Gasteiger partial charge in [-0.25, -0.2) is 14.8 Å². The molecule has 1 aliphatic rings. The van der Waals surface area contributed by atoms with Gasteiger partial charge in [-0.15, -0.1) is 10.2 Å². The van der Waals surface area contributed by atoms with Gasteiger partial charge in [0, 0.05) is 23.5 Å². The fourth-order valence-corrected chi connectivity index (χ4v) is 3.83. The van der Waals surface area contributed by atoms with Crippen LogP contribution in [-0.2, 0) is 9.53 Å². The molecule has 39 heavy (non-hydrogen) atoms. The molecule has 2 amide bonds. The van der Waals surface area contributed by atoms with Gasteiger partial charge in [-0.3, -0.25) is 14.5 Å². The highest BCUT2D eigenvalue weighted by atomic mass is 32.1. The smallest absolute Gasteiger partial charge is 0.417 e. The summed E-state index contributed by atoms with van der Waals surface area (Å²) in [6.07, 6.45) is -0.954. The van der Waals surface area contributed by atoms with E-state index in [4.69, 9.17) is 21.7 Å². The first-order chi connectivity index (χ1) is 18.7. The van der Waals surface area contributed by atoms with Crippen molar-refractivity contribution in [2.45, 2.75) is 6.92 Å². The second-order valence-electron chi connectivity index (χ2n) is 8.37. The molecule has 0 saturated carbocycles. The first kappa shape index (κ1) is 27.0. The SMILES string of the molecule is COC(=O)CN(CN1N=C=NN(C)C1=S)C(=O)Oc1cc(C(=O)Nc2ccccc2C)c(O)c2ccccc12. The number of phenolic OH excluding ortho intramolecular Hbond substituents is 1. The predicted octanol–water partition coefficient (Wildman–Crippen LogP) is 3.57. The summed E-state index contributed by atoms with van der Waals surface area (Å²) in [5, 5.41) is 24.8. The summed E-state index contributed by atoms with van der Waals surface area (Å²) in [6.45, 7) is 1.07. The van der Waals surface area contributed by atoms with Gasteiger partial charge in [0.1, 0.15) is 30.7 Å². The molecule has 0 saturated heterocycles. The van der Waals surface area contributed by atoms with Crippen LogP contribution >= 0.6 is 12.2 Å². The highest BCUT2D eigenvalue weighted by Gasteiger charge is 2.27. The summed E-state index contributed by atoms with van der Waals surface area (Å²) in [7, 11) is 2.76. The number of carbonyl (C=O) groups is 3. The molecule has 0 bridgehead atoms. The number of hydrazone groups is 2. The minimum atomic E-state index is -0.954. The van der Waals surface area contributed by atoms with Gasteiger partial charge in [0.25, 0.3) is 5.91 Å². The van der Waals surface area contributed by atoms with Gasteiger partial charge >= 0.3 is 12.1 Å². The number of anilines is 1. The maximum atomic E-state index is 13.3. The number of benzene rings is 3. The van der Waals surface area contributed by atoms with E-state index in [0.717, 1.165) is 10.5 Å². The molecule has 0 radical (unpaired) electrons. The normalized spacial score (nSPS) is 12.4. The lowest BCUT2D eigenvalue weighted by molar-refractivity contribution is -0.141. The van der Waals surface area contributed by atoms with E-state index in [0.29, 0.717) is 11.1 Å². The van der Waals surface area contributed by atoms with Crippen LogP contribution in [0, 0.1) is 6.92 Å². The number of rotatable bonds is 7. The van der Waals surface area contributed by atoms with Gasteiger partial charge in [0.2, 0.25) is 5.11 Å². The third-order valence-electron chi connectivity index (χ3n) is 5.78. The van der Waals surface area contributed by atoms with E-state index in [1.54, 1.807) is 43.4 Å². The second kappa shape index (κ2) is 11.6. The maximum Gasteiger partial charge on any atom is 0.417 e. The molecule has 0 aliphatic carbocycles. The lowest BCUT2D eigenvalue weighted by Crippen LogP contribution is -2.48. The number of ether oxygens (including phenoxy) is 2. The quantitative estimate of drug-likeness (QED) is 0.335. The first-order valence-corrected chi connectivity index (χ1v) is 12.0. The van der Waals surface area contributed by atoms with Crippen molar-refractivity contribution in [2.75, 3.05) is 32.7 Å². The Bertz CT molecular complexity index is 1540. The summed E-state index contributed by atoms with van der Waals surface area (Å²) >= 11 is 5.27. The van der Waals surface area contributed by atoms with Crippen molar-refractivity contribution in [3.8, 4) is 11.5 Å². The number of amides is 2. The van der Waals surface area contributed by atoms with Crippen molar-refractivity contribution in [3.63, 3.8) is 0 Å². The number of hydrogen-bond donors (Lipinski definition) is 2. The molecule has 200 valence electrons. The Morgan fingerprint density at radius 1 is 1.10 bits per heavy atom. The predicted molar refractivity (Wildman–Crippen MR) is 146 cm³/mol. The number of nitrogens with one attached hydrogen (secondary N) is 1. The lowest BCUT2D eigenvalue weighted by Gasteiger charge is -2.29. The van der Waals surface area contributed by atoms with Crippen molar-refractivity contribution < 1.29 is 29.0 Å². The molecule has 2 N–H and O–H groups in total. The highest BCUT2D eigenvalue weighted by molar-refractivity contribution is 7.80. The monoisotopic (exact) mass is 548 g/mol. The third kappa shape index (κ3) is 5.95. The number of para-hydroxylation sites is 1. The zero-order valence-corrected chi connectivity index (χ0v) is 22.1. The Morgan fingerprint density at radius 2 is 1.79 bits per heavy atom. The van der Waals surface area contributed by atoms with Gasteiger partial charge in [-0.05, 0) is 36.8 Å². The Hall–Kier alpha value is -5.00. The molecule has 0 aromatic heterocycles. The fraction of sp³-hybridized carbons (Fsp3) is 0.192. The Balaban J connectivity index is 1.68. The Kier molecular flexibility index (Phi) is 8.04. The first-order valence-electron chi connectivity index (χ1n) is 11.6. The molecule has 13 heteroatoms. The van der Waals surface area contributed by atoms with Crippen molar-refractivity contribution >= 4 is 57.8 Å². The van der Waals surface area contributed by atoms with Gasteiger partial charge in [-0.2, -0.15) is 0 Å². The van der Waals surface area contributed by atoms with Crippen LogP contribution in [0.5, 0.6) is 11.5 Å². The maximum absolute atomic E-state index is 13.3. The van der Waals surface area contributed by atoms with Crippen LogP contribution in [0.4, 0.5) is 10.5 Å². The average molecular weight is 549 g/mol. The fourth-order valence-electron chi connectivity index (χ4n) is 3.69. The van der Waals surface area contributed by atoms with Gasteiger partial charge in [0.15, 0.2) is 0 Å². The largest absolute Gasteiger partial charge is 0.506 e. The number of aryl methyl sites for hydroxylation is 1. The van der Waals surface area contributed by atoms with Crippen LogP contribution < -0.4 is 10.1 Å². The van der Waals surface area contributed by atoms with Crippen LogP contribution in [0.25, 0.3) is 10.8 Å². The zero-order valence-electron chi connectivity index (χ0n) is 21.2. The molecule has 1 heterocycles. The van der Waals surface area contributed by atoms with Crippen LogP contribution in [0.3, 0.4) is 0 Å². The number of esters is 1. The Labute approximate surface area is 228 Å². The zero-order chi connectivity index (χ0) is 28.1. The number of hydrogen-bond acceptors (Lipinski definition) is 9. The number of nitrogens with zero attached hydrogens (tertiary/aromatic N) is 5. The van der Waals surface area contributed by atoms with E-state index >= 15 is 0 Å². The second-order valence-corrected chi connectivity index (χ2v) is 8.74. The number of phenols is 1. The summed E-state index contributed by atoms with van der Waals surface area (Å²) in [5.74, 6) is -1.61. The molecule has 4 rings (SSSR count). The van der Waals surface area contributed by atoms with Crippen molar-refractivity contribution in [1.82, 2.24) is 14.9 Å². The molecular weight excluding hydrogens is 524 g/mol. The minimum absolute atomic E-state index is 0.0124. The summed E-state index contributed by atoms with van der Waals surface area (Å²) < 4.78 is 10.4. The van der Waals surface area contributed by atoms with Gasteiger partial charge < -0.3 is 19.9 Å². The van der Waals surface area contributed by atoms with Crippen LogP contribution in [0.2, 0.25) is 0 Å². The van der Waals surface area contributed by atoms with Crippen molar-refractivity contribution in [2.24, 2.45) is 10.2 Å². The van der Waals surface area contributed by atoms with Gasteiger partial charge in [0.05, 0.1) is 12.7 Å². The average Bonchev–Trinajstić information content (AvgIpc) is 2.93. The summed E-state index contributed by atoms with van der Waals surface area (Å²) in [6, 6.07) is 17.4. The van der Waals surface area contributed by atoms with Crippen LogP contribution in [0.15, 0.2) is 64.8 Å².